The van der Waals surface area contributed by atoms with E-state index in [0.29, 0.717) is 24.5 Å². The highest BCUT2D eigenvalue weighted by Gasteiger charge is 2.29. The molecule has 0 atom stereocenters. The summed E-state index contributed by atoms with van der Waals surface area (Å²) in [5.74, 6) is 0.294. The first-order valence-corrected chi connectivity index (χ1v) is 11.2. The van der Waals surface area contributed by atoms with Crippen LogP contribution in [0.3, 0.4) is 0 Å². The number of fused-ring (bicyclic) bond motifs is 3. The molecular formula is C27H27NO6. The van der Waals surface area contributed by atoms with Crippen LogP contribution in [-0.2, 0) is 16.1 Å². The molecule has 0 spiro atoms. The lowest BCUT2D eigenvalue weighted by atomic mass is 9.98. The third-order valence-corrected chi connectivity index (χ3v) is 5.83. The van der Waals surface area contributed by atoms with E-state index in [-0.39, 0.29) is 25.5 Å². The van der Waals surface area contributed by atoms with Crippen molar-refractivity contribution in [2.75, 3.05) is 20.3 Å². The Balaban J connectivity index is 1.32. The Morgan fingerprint density at radius 1 is 0.971 bits per heavy atom. The van der Waals surface area contributed by atoms with Gasteiger partial charge in [-0.15, -0.1) is 0 Å². The summed E-state index contributed by atoms with van der Waals surface area (Å²) in [6.45, 7) is 0.784. The molecule has 176 valence electrons. The second kappa shape index (κ2) is 10.7. The lowest BCUT2D eigenvalue weighted by Gasteiger charge is -2.15. The van der Waals surface area contributed by atoms with Crippen molar-refractivity contribution >= 4 is 12.1 Å². The third kappa shape index (κ3) is 5.31. The Bertz CT molecular complexity index is 1130. The zero-order valence-corrected chi connectivity index (χ0v) is 19.0. The van der Waals surface area contributed by atoms with Crippen molar-refractivity contribution in [1.82, 2.24) is 5.32 Å². The number of alkyl carbamates (subject to hydrolysis) is 1. The molecule has 0 bridgehead atoms. The predicted molar refractivity (Wildman–Crippen MR) is 127 cm³/mol. The molecule has 1 aliphatic carbocycles. The summed E-state index contributed by atoms with van der Waals surface area (Å²) in [7, 11) is 1.54. The van der Waals surface area contributed by atoms with Crippen LogP contribution in [0.25, 0.3) is 11.1 Å². The molecule has 0 heterocycles. The van der Waals surface area contributed by atoms with Crippen LogP contribution in [0.5, 0.6) is 11.5 Å². The number of nitrogens with one attached hydrogen (secondary N) is 1. The molecule has 3 aromatic carbocycles. The van der Waals surface area contributed by atoms with Gasteiger partial charge < -0.3 is 24.6 Å². The van der Waals surface area contributed by atoms with Crippen LogP contribution in [0.15, 0.2) is 66.7 Å². The van der Waals surface area contributed by atoms with Gasteiger partial charge in [-0.05, 0) is 40.8 Å². The summed E-state index contributed by atoms with van der Waals surface area (Å²) >= 11 is 0. The highest BCUT2D eigenvalue weighted by molar-refractivity contribution is 5.79. The Kier molecular flexibility index (Phi) is 7.32. The molecule has 0 saturated carbocycles. The molecule has 0 radical (unpaired) electrons. The standard InChI is InChI=1S/C27H27NO6/c1-32-25-15-19(33-14-6-11-26(29)30)13-12-18(25)16-28-27(31)34-17-24-22-9-4-2-7-20(22)21-8-3-5-10-23(21)24/h2-5,7-10,12-13,15,24H,6,11,14,16-17H2,1H3,(H,28,31)(H,29,30). The van der Waals surface area contributed by atoms with Gasteiger partial charge >= 0.3 is 12.1 Å². The summed E-state index contributed by atoms with van der Waals surface area (Å²) in [6, 6.07) is 21.7. The molecule has 0 aromatic heterocycles. The lowest BCUT2D eigenvalue weighted by Crippen LogP contribution is -2.25. The number of benzene rings is 3. The molecule has 1 amide bonds. The van der Waals surface area contributed by atoms with Crippen LogP contribution in [0.2, 0.25) is 0 Å². The number of carboxylic acids is 1. The molecule has 34 heavy (non-hydrogen) atoms. The van der Waals surface area contributed by atoms with Crippen molar-refractivity contribution in [2.45, 2.75) is 25.3 Å². The van der Waals surface area contributed by atoms with Gasteiger partial charge in [-0.25, -0.2) is 4.79 Å². The number of ether oxygens (including phenoxy) is 3. The number of aliphatic carboxylic acids is 1. The van der Waals surface area contributed by atoms with Gasteiger partial charge in [0.25, 0.3) is 0 Å². The first-order chi connectivity index (χ1) is 16.6. The minimum Gasteiger partial charge on any atom is -0.496 e. The fraction of sp³-hybridized carbons (Fsp3) is 0.259. The maximum absolute atomic E-state index is 12.4. The molecule has 3 aromatic rings. The molecule has 2 N–H and O–H groups in total. The van der Waals surface area contributed by atoms with Gasteiger partial charge in [-0.2, -0.15) is 0 Å². The first-order valence-electron chi connectivity index (χ1n) is 11.2. The predicted octanol–water partition coefficient (Wildman–Crippen LogP) is 4.98. The van der Waals surface area contributed by atoms with Crippen LogP contribution < -0.4 is 14.8 Å². The Labute approximate surface area is 198 Å². The van der Waals surface area contributed by atoms with Gasteiger partial charge in [0.05, 0.1) is 13.7 Å². The van der Waals surface area contributed by atoms with Gasteiger partial charge in [0.1, 0.15) is 18.1 Å². The number of hydrogen-bond donors (Lipinski definition) is 2. The fourth-order valence-corrected chi connectivity index (χ4v) is 4.19. The van der Waals surface area contributed by atoms with E-state index in [2.05, 4.69) is 29.6 Å². The maximum Gasteiger partial charge on any atom is 0.407 e. The second-order valence-electron chi connectivity index (χ2n) is 8.00. The number of methoxy groups -OCH3 is 1. The van der Waals surface area contributed by atoms with E-state index in [1.165, 1.54) is 11.1 Å². The zero-order valence-electron chi connectivity index (χ0n) is 19.0. The topological polar surface area (TPSA) is 94.1 Å². The number of carbonyl (C=O) groups is 2. The summed E-state index contributed by atoms with van der Waals surface area (Å²) < 4.78 is 16.6. The molecule has 0 aliphatic heterocycles. The number of rotatable bonds is 10. The summed E-state index contributed by atoms with van der Waals surface area (Å²) in [6.07, 6.45) is -0.0277. The van der Waals surface area contributed by atoms with Crippen molar-refractivity contribution < 1.29 is 28.9 Å². The van der Waals surface area contributed by atoms with Gasteiger partial charge in [0.2, 0.25) is 0 Å². The second-order valence-corrected chi connectivity index (χ2v) is 8.00. The quantitative estimate of drug-likeness (QED) is 0.414. The van der Waals surface area contributed by atoms with Crippen LogP contribution in [0, 0.1) is 0 Å². The SMILES string of the molecule is COc1cc(OCCCC(=O)O)ccc1CNC(=O)OCC1c2ccccc2-c2ccccc21. The molecule has 0 saturated heterocycles. The summed E-state index contributed by atoms with van der Waals surface area (Å²) in [4.78, 5) is 23.0. The van der Waals surface area contributed by atoms with Gasteiger partial charge in [-0.1, -0.05) is 48.5 Å². The molecule has 0 unspecified atom stereocenters. The molecule has 7 nitrogen and oxygen atoms in total. The highest BCUT2D eigenvalue weighted by atomic mass is 16.5. The van der Waals surface area contributed by atoms with E-state index in [4.69, 9.17) is 19.3 Å². The van der Waals surface area contributed by atoms with Crippen LogP contribution >= 0.6 is 0 Å². The van der Waals surface area contributed by atoms with Gasteiger partial charge in [-0.3, -0.25) is 4.79 Å². The number of carbonyl (C=O) groups excluding carboxylic acids is 1. The average Bonchev–Trinajstić information content (AvgIpc) is 3.18. The molecule has 4 rings (SSSR count). The Morgan fingerprint density at radius 2 is 1.65 bits per heavy atom. The third-order valence-electron chi connectivity index (χ3n) is 5.83. The van der Waals surface area contributed by atoms with E-state index in [1.807, 2.05) is 24.3 Å². The largest absolute Gasteiger partial charge is 0.496 e. The maximum atomic E-state index is 12.4. The van der Waals surface area contributed by atoms with Crippen molar-refractivity contribution in [3.05, 3.63) is 83.4 Å². The van der Waals surface area contributed by atoms with Gasteiger partial charge in [0, 0.05) is 30.5 Å². The Hall–Kier alpha value is -4.00. The highest BCUT2D eigenvalue weighted by Crippen LogP contribution is 2.44. The number of amides is 1. The monoisotopic (exact) mass is 461 g/mol. The fourth-order valence-electron chi connectivity index (χ4n) is 4.19. The molecule has 0 fully saturated rings. The van der Waals surface area contributed by atoms with E-state index in [0.717, 1.165) is 16.7 Å². The minimum atomic E-state index is -0.851. The van der Waals surface area contributed by atoms with Crippen LogP contribution in [0.4, 0.5) is 4.79 Å². The smallest absolute Gasteiger partial charge is 0.407 e. The van der Waals surface area contributed by atoms with Crippen LogP contribution in [-0.4, -0.2) is 37.5 Å². The molecule has 7 heteroatoms. The summed E-state index contributed by atoms with van der Waals surface area (Å²) in [5, 5.41) is 11.5. The Morgan fingerprint density at radius 3 is 2.29 bits per heavy atom. The van der Waals surface area contributed by atoms with Crippen LogP contribution in [0.1, 0.15) is 35.4 Å². The molecular weight excluding hydrogens is 434 g/mol. The first kappa shape index (κ1) is 23.2. The minimum absolute atomic E-state index is 0.00486. The van der Waals surface area contributed by atoms with Crippen molar-refractivity contribution in [3.8, 4) is 22.6 Å². The van der Waals surface area contributed by atoms with Crippen molar-refractivity contribution in [1.29, 1.82) is 0 Å². The number of carboxylic acid groups (broad SMARTS) is 1. The number of hydrogen-bond acceptors (Lipinski definition) is 5. The van der Waals surface area contributed by atoms with Crippen molar-refractivity contribution in [3.63, 3.8) is 0 Å². The van der Waals surface area contributed by atoms with E-state index < -0.39 is 12.1 Å². The average molecular weight is 462 g/mol. The summed E-state index contributed by atoms with van der Waals surface area (Å²) in [5.41, 5.74) is 5.47. The van der Waals surface area contributed by atoms with E-state index in [9.17, 15) is 9.59 Å². The van der Waals surface area contributed by atoms with E-state index in [1.54, 1.807) is 25.3 Å². The molecule has 1 aliphatic rings. The zero-order chi connectivity index (χ0) is 23.9. The normalized spacial score (nSPS) is 11.9. The van der Waals surface area contributed by atoms with Crippen molar-refractivity contribution in [2.24, 2.45) is 0 Å². The lowest BCUT2D eigenvalue weighted by molar-refractivity contribution is -0.137. The van der Waals surface area contributed by atoms with Gasteiger partial charge in [0.15, 0.2) is 0 Å². The van der Waals surface area contributed by atoms with E-state index >= 15 is 0 Å².